The summed E-state index contributed by atoms with van der Waals surface area (Å²) in [7, 11) is 0. The molecule has 0 unspecified atom stereocenters. The average Bonchev–Trinajstić information content (AvgIpc) is 2.74. The summed E-state index contributed by atoms with van der Waals surface area (Å²) >= 11 is 0. The summed E-state index contributed by atoms with van der Waals surface area (Å²) in [5.41, 5.74) is 2.27. The fourth-order valence-electron chi connectivity index (χ4n) is 3.55. The van der Waals surface area contributed by atoms with E-state index in [9.17, 15) is 4.79 Å². The van der Waals surface area contributed by atoms with Gasteiger partial charge in [-0.15, -0.1) is 0 Å². The van der Waals surface area contributed by atoms with Crippen LogP contribution >= 0.6 is 0 Å². The van der Waals surface area contributed by atoms with E-state index in [1.165, 1.54) is 5.56 Å². The van der Waals surface area contributed by atoms with Crippen LogP contribution in [-0.4, -0.2) is 49.9 Å². The Balaban J connectivity index is 1.57. The van der Waals surface area contributed by atoms with Gasteiger partial charge in [-0.1, -0.05) is 67.6 Å². The summed E-state index contributed by atoms with van der Waals surface area (Å²) in [5, 5.41) is 3.09. The molecule has 5 heteroatoms. The first-order valence-electron chi connectivity index (χ1n) is 10.0. The second-order valence-corrected chi connectivity index (χ2v) is 7.36. The second kappa shape index (κ2) is 10.8. The Morgan fingerprint density at radius 3 is 2.39 bits per heavy atom. The fourth-order valence-corrected chi connectivity index (χ4v) is 3.55. The molecule has 2 atom stereocenters. The smallest absolute Gasteiger partial charge is 0.407 e. The lowest BCUT2D eigenvalue weighted by atomic mass is 9.93. The number of amides is 1. The molecule has 28 heavy (non-hydrogen) atoms. The topological polar surface area (TPSA) is 50.8 Å². The molecule has 1 aliphatic rings. The van der Waals surface area contributed by atoms with Gasteiger partial charge >= 0.3 is 6.09 Å². The number of rotatable bonds is 8. The van der Waals surface area contributed by atoms with Gasteiger partial charge in [0.05, 0.1) is 13.2 Å². The molecular weight excluding hydrogens is 352 g/mol. The van der Waals surface area contributed by atoms with Gasteiger partial charge in [-0.3, -0.25) is 4.90 Å². The third kappa shape index (κ3) is 6.66. The Bertz CT molecular complexity index is 702. The van der Waals surface area contributed by atoms with Crippen molar-refractivity contribution < 1.29 is 14.3 Å². The van der Waals surface area contributed by atoms with Crippen molar-refractivity contribution in [2.75, 3.05) is 32.8 Å². The predicted molar refractivity (Wildman–Crippen MR) is 110 cm³/mol. The number of ether oxygens (including phenoxy) is 2. The first-order chi connectivity index (χ1) is 13.7. The highest BCUT2D eigenvalue weighted by molar-refractivity contribution is 5.67. The number of alkyl carbamates (subject to hydrolysis) is 1. The molecule has 1 amide bonds. The Morgan fingerprint density at radius 2 is 1.71 bits per heavy atom. The number of morpholine rings is 1. The zero-order valence-electron chi connectivity index (χ0n) is 16.5. The van der Waals surface area contributed by atoms with Crippen LogP contribution in [0.15, 0.2) is 60.7 Å². The van der Waals surface area contributed by atoms with Crippen molar-refractivity contribution in [2.45, 2.75) is 31.9 Å². The van der Waals surface area contributed by atoms with Gasteiger partial charge in [0.15, 0.2) is 0 Å². The molecule has 2 aromatic carbocycles. The van der Waals surface area contributed by atoms with Crippen LogP contribution in [0, 0.1) is 0 Å². The first-order valence-corrected chi connectivity index (χ1v) is 10.0. The molecule has 150 valence electrons. The van der Waals surface area contributed by atoms with Crippen molar-refractivity contribution >= 4 is 6.09 Å². The first kappa shape index (κ1) is 20.4. The van der Waals surface area contributed by atoms with Crippen LogP contribution in [0.5, 0.6) is 0 Å². The standard InChI is InChI=1S/C23H30N2O3/c1-19(21-10-6-3-7-11-21)16-22(17-25-12-14-27-15-13-25)24-23(26)28-18-20-8-4-2-5-9-20/h2-11,19,22H,12-18H2,1H3,(H,24,26)/t19-,22-/m1/s1. The molecule has 0 aromatic heterocycles. The maximum Gasteiger partial charge on any atom is 0.407 e. The van der Waals surface area contributed by atoms with Crippen LogP contribution in [0.25, 0.3) is 0 Å². The maximum atomic E-state index is 12.4. The summed E-state index contributed by atoms with van der Waals surface area (Å²) in [5.74, 6) is 0.349. The summed E-state index contributed by atoms with van der Waals surface area (Å²) < 4.78 is 10.9. The third-order valence-electron chi connectivity index (χ3n) is 5.12. The van der Waals surface area contributed by atoms with E-state index < -0.39 is 0 Å². The monoisotopic (exact) mass is 382 g/mol. The second-order valence-electron chi connectivity index (χ2n) is 7.36. The summed E-state index contributed by atoms with van der Waals surface area (Å²) in [6.45, 7) is 6.59. The molecular formula is C23H30N2O3. The number of nitrogens with one attached hydrogen (secondary N) is 1. The largest absolute Gasteiger partial charge is 0.445 e. The van der Waals surface area contributed by atoms with Crippen molar-refractivity contribution in [2.24, 2.45) is 0 Å². The van der Waals surface area contributed by atoms with Gasteiger partial charge in [-0.05, 0) is 23.5 Å². The minimum atomic E-state index is -0.359. The minimum Gasteiger partial charge on any atom is -0.445 e. The van der Waals surface area contributed by atoms with E-state index in [4.69, 9.17) is 9.47 Å². The molecule has 1 aliphatic heterocycles. The highest BCUT2D eigenvalue weighted by atomic mass is 16.5. The molecule has 2 aromatic rings. The Morgan fingerprint density at radius 1 is 1.07 bits per heavy atom. The lowest BCUT2D eigenvalue weighted by Crippen LogP contribution is -2.47. The summed E-state index contributed by atoms with van der Waals surface area (Å²) in [6.07, 6.45) is 0.504. The molecule has 1 fully saturated rings. The number of nitrogens with zero attached hydrogens (tertiary/aromatic N) is 1. The van der Waals surface area contributed by atoms with Gasteiger partial charge in [-0.25, -0.2) is 4.79 Å². The van der Waals surface area contributed by atoms with Crippen LogP contribution in [0.3, 0.4) is 0 Å². The van der Waals surface area contributed by atoms with Gasteiger partial charge in [0.25, 0.3) is 0 Å². The Kier molecular flexibility index (Phi) is 7.88. The van der Waals surface area contributed by atoms with E-state index >= 15 is 0 Å². The van der Waals surface area contributed by atoms with E-state index in [0.717, 1.165) is 44.8 Å². The lowest BCUT2D eigenvalue weighted by molar-refractivity contribution is 0.0324. The SMILES string of the molecule is C[C@H](C[C@H](CN1CCOCC1)NC(=O)OCc1ccccc1)c1ccccc1. The Labute approximate surface area is 167 Å². The number of hydrogen-bond acceptors (Lipinski definition) is 4. The van der Waals surface area contributed by atoms with E-state index in [-0.39, 0.29) is 18.7 Å². The molecule has 0 aliphatic carbocycles. The minimum absolute atomic E-state index is 0.0246. The summed E-state index contributed by atoms with van der Waals surface area (Å²) in [4.78, 5) is 14.8. The molecule has 1 saturated heterocycles. The van der Waals surface area contributed by atoms with Crippen molar-refractivity contribution in [3.63, 3.8) is 0 Å². The van der Waals surface area contributed by atoms with Crippen LogP contribution in [0.2, 0.25) is 0 Å². The Hall–Kier alpha value is -2.37. The fraction of sp³-hybridized carbons (Fsp3) is 0.435. The lowest BCUT2D eigenvalue weighted by Gasteiger charge is -2.31. The van der Waals surface area contributed by atoms with Gasteiger partial charge in [0, 0.05) is 25.7 Å². The number of benzene rings is 2. The number of carbonyl (C=O) groups is 1. The zero-order valence-corrected chi connectivity index (χ0v) is 16.5. The van der Waals surface area contributed by atoms with Crippen LogP contribution in [-0.2, 0) is 16.1 Å². The molecule has 1 heterocycles. The molecule has 0 spiro atoms. The van der Waals surface area contributed by atoms with Crippen molar-refractivity contribution in [1.29, 1.82) is 0 Å². The average molecular weight is 383 g/mol. The van der Waals surface area contributed by atoms with Crippen molar-refractivity contribution in [1.82, 2.24) is 10.2 Å². The zero-order chi connectivity index (χ0) is 19.6. The van der Waals surface area contributed by atoms with Crippen molar-refractivity contribution in [3.8, 4) is 0 Å². The van der Waals surface area contributed by atoms with Crippen molar-refractivity contribution in [3.05, 3.63) is 71.8 Å². The van der Waals surface area contributed by atoms with Gasteiger partial charge < -0.3 is 14.8 Å². The molecule has 0 bridgehead atoms. The highest BCUT2D eigenvalue weighted by Crippen LogP contribution is 2.21. The summed E-state index contributed by atoms with van der Waals surface area (Å²) in [6, 6.07) is 20.2. The van der Waals surface area contributed by atoms with E-state index in [2.05, 4.69) is 41.4 Å². The van der Waals surface area contributed by atoms with Gasteiger partial charge in [0.1, 0.15) is 6.61 Å². The van der Waals surface area contributed by atoms with E-state index in [1.807, 2.05) is 36.4 Å². The number of carbonyl (C=O) groups excluding carboxylic acids is 1. The molecule has 3 rings (SSSR count). The van der Waals surface area contributed by atoms with Crippen LogP contribution in [0.1, 0.15) is 30.4 Å². The highest BCUT2D eigenvalue weighted by Gasteiger charge is 2.22. The van der Waals surface area contributed by atoms with E-state index in [0.29, 0.717) is 5.92 Å². The van der Waals surface area contributed by atoms with Crippen LogP contribution < -0.4 is 5.32 Å². The molecule has 0 saturated carbocycles. The van der Waals surface area contributed by atoms with Gasteiger partial charge in [0.2, 0.25) is 0 Å². The normalized spacial score (nSPS) is 16.9. The number of hydrogen-bond donors (Lipinski definition) is 1. The third-order valence-corrected chi connectivity index (χ3v) is 5.12. The van der Waals surface area contributed by atoms with Gasteiger partial charge in [-0.2, -0.15) is 0 Å². The maximum absolute atomic E-state index is 12.4. The molecule has 5 nitrogen and oxygen atoms in total. The predicted octanol–water partition coefficient (Wildman–Crippen LogP) is 3.81. The van der Waals surface area contributed by atoms with E-state index in [1.54, 1.807) is 0 Å². The van der Waals surface area contributed by atoms with Crippen LogP contribution in [0.4, 0.5) is 4.79 Å². The molecule has 0 radical (unpaired) electrons. The quantitative estimate of drug-likeness (QED) is 0.754. The molecule has 1 N–H and O–H groups in total.